The number of ether oxygens (including phenoxy) is 1. The molecule has 0 spiro atoms. The highest BCUT2D eigenvalue weighted by atomic mass is 127. The fraction of sp³-hybridized carbons (Fsp3) is 0.167. The smallest absolute Gasteiger partial charge is 0.257 e. The molecule has 4 nitrogen and oxygen atoms in total. The molecule has 0 saturated heterocycles. The predicted octanol–water partition coefficient (Wildman–Crippen LogP) is 2.94. The van der Waals surface area contributed by atoms with Gasteiger partial charge in [-0.3, -0.25) is 0 Å². The molecular weight excluding hydrogens is 348 g/mol. The number of hydrogen-bond acceptors (Lipinski definition) is 4. The van der Waals surface area contributed by atoms with Gasteiger partial charge in [0.1, 0.15) is 5.82 Å². The zero-order valence-corrected chi connectivity index (χ0v) is 12.0. The van der Waals surface area contributed by atoms with Crippen molar-refractivity contribution in [1.82, 2.24) is 9.97 Å². The monoisotopic (exact) mass is 359 g/mol. The van der Waals surface area contributed by atoms with Crippen LogP contribution in [0, 0.1) is 9.39 Å². The first-order chi connectivity index (χ1) is 8.65. The van der Waals surface area contributed by atoms with E-state index < -0.39 is 0 Å². The van der Waals surface area contributed by atoms with Gasteiger partial charge in [-0.25, -0.2) is 14.4 Å². The van der Waals surface area contributed by atoms with E-state index in [1.807, 2.05) is 0 Å². The quantitative estimate of drug-likeness (QED) is 0.857. The number of nitrogens with one attached hydrogen (secondary N) is 1. The van der Waals surface area contributed by atoms with Gasteiger partial charge in [-0.15, -0.1) is 0 Å². The normalized spacial score (nSPS) is 10.2. The van der Waals surface area contributed by atoms with Gasteiger partial charge in [-0.1, -0.05) is 0 Å². The van der Waals surface area contributed by atoms with Gasteiger partial charge in [0.2, 0.25) is 0 Å². The van der Waals surface area contributed by atoms with E-state index in [-0.39, 0.29) is 5.82 Å². The van der Waals surface area contributed by atoms with Crippen molar-refractivity contribution in [3.8, 4) is 17.1 Å². The second kappa shape index (κ2) is 5.47. The van der Waals surface area contributed by atoms with Crippen LogP contribution in [0.25, 0.3) is 11.3 Å². The first-order valence-electron chi connectivity index (χ1n) is 5.20. The minimum atomic E-state index is -0.302. The summed E-state index contributed by atoms with van der Waals surface area (Å²) in [5.41, 5.74) is 1.28. The van der Waals surface area contributed by atoms with Gasteiger partial charge in [0, 0.05) is 16.2 Å². The van der Waals surface area contributed by atoms with Crippen molar-refractivity contribution in [2.75, 3.05) is 19.5 Å². The van der Waals surface area contributed by atoms with Crippen LogP contribution in [0.1, 0.15) is 0 Å². The summed E-state index contributed by atoms with van der Waals surface area (Å²) in [6, 6.07) is 4.55. The van der Waals surface area contributed by atoms with Crippen molar-refractivity contribution < 1.29 is 9.13 Å². The fourth-order valence-corrected chi connectivity index (χ4v) is 2.12. The highest BCUT2D eigenvalue weighted by Gasteiger charge is 2.11. The van der Waals surface area contributed by atoms with Crippen LogP contribution in [0.3, 0.4) is 0 Å². The van der Waals surface area contributed by atoms with Crippen molar-refractivity contribution in [2.24, 2.45) is 0 Å². The summed E-state index contributed by atoms with van der Waals surface area (Å²) in [4.78, 5) is 8.51. The van der Waals surface area contributed by atoms with Gasteiger partial charge in [0.15, 0.2) is 5.82 Å². The molecule has 0 aliphatic heterocycles. The number of rotatable bonds is 3. The van der Waals surface area contributed by atoms with Crippen LogP contribution >= 0.6 is 22.6 Å². The molecule has 0 atom stereocenters. The molecule has 0 unspecified atom stereocenters. The topological polar surface area (TPSA) is 47.0 Å². The SMILES string of the molecule is CNc1ncc(-c2cc(F)ccc2I)nc1OC. The second-order valence-electron chi connectivity index (χ2n) is 3.49. The minimum Gasteiger partial charge on any atom is -0.478 e. The Morgan fingerprint density at radius 3 is 2.83 bits per heavy atom. The Labute approximate surface area is 118 Å². The number of aromatic nitrogens is 2. The lowest BCUT2D eigenvalue weighted by molar-refractivity contribution is 0.398. The number of nitrogens with zero attached hydrogens (tertiary/aromatic N) is 2. The van der Waals surface area contributed by atoms with Crippen LogP contribution in [0.4, 0.5) is 10.2 Å². The zero-order chi connectivity index (χ0) is 13.1. The molecule has 94 valence electrons. The second-order valence-corrected chi connectivity index (χ2v) is 4.65. The van der Waals surface area contributed by atoms with Crippen LogP contribution in [0.15, 0.2) is 24.4 Å². The molecule has 0 radical (unpaired) electrons. The minimum absolute atomic E-state index is 0.302. The fourth-order valence-electron chi connectivity index (χ4n) is 1.51. The van der Waals surface area contributed by atoms with E-state index in [4.69, 9.17) is 4.74 Å². The Morgan fingerprint density at radius 1 is 1.39 bits per heavy atom. The maximum absolute atomic E-state index is 13.3. The third-order valence-electron chi connectivity index (χ3n) is 2.38. The summed E-state index contributed by atoms with van der Waals surface area (Å²) in [5.74, 6) is 0.631. The molecule has 2 aromatic rings. The average molecular weight is 359 g/mol. The highest BCUT2D eigenvalue weighted by Crippen LogP contribution is 2.27. The summed E-state index contributed by atoms with van der Waals surface area (Å²) in [6.07, 6.45) is 1.59. The number of benzene rings is 1. The van der Waals surface area contributed by atoms with Crippen LogP contribution in [0.2, 0.25) is 0 Å². The molecule has 0 aliphatic rings. The largest absolute Gasteiger partial charge is 0.478 e. The molecule has 1 N–H and O–H groups in total. The highest BCUT2D eigenvalue weighted by molar-refractivity contribution is 14.1. The summed E-state index contributed by atoms with van der Waals surface area (Å²) < 4.78 is 19.3. The molecule has 1 heterocycles. The van der Waals surface area contributed by atoms with Gasteiger partial charge >= 0.3 is 0 Å². The van der Waals surface area contributed by atoms with E-state index >= 15 is 0 Å². The Morgan fingerprint density at radius 2 is 2.17 bits per heavy atom. The van der Waals surface area contributed by atoms with Gasteiger partial charge < -0.3 is 10.1 Å². The summed E-state index contributed by atoms with van der Waals surface area (Å²) in [7, 11) is 3.25. The van der Waals surface area contributed by atoms with E-state index in [1.54, 1.807) is 19.3 Å². The average Bonchev–Trinajstić information content (AvgIpc) is 2.40. The Bertz CT molecular complexity index is 577. The Hall–Kier alpha value is -1.44. The maximum Gasteiger partial charge on any atom is 0.257 e. The molecular formula is C12H11FIN3O. The van der Waals surface area contributed by atoms with Gasteiger partial charge in [0.05, 0.1) is 19.0 Å². The summed E-state index contributed by atoms with van der Waals surface area (Å²) in [5, 5.41) is 2.88. The third kappa shape index (κ3) is 2.53. The van der Waals surface area contributed by atoms with Gasteiger partial charge in [-0.05, 0) is 40.8 Å². The van der Waals surface area contributed by atoms with Crippen molar-refractivity contribution in [3.63, 3.8) is 0 Å². The van der Waals surface area contributed by atoms with Gasteiger partial charge in [0.25, 0.3) is 5.88 Å². The number of methoxy groups -OCH3 is 1. The summed E-state index contributed by atoms with van der Waals surface area (Å²) in [6.45, 7) is 0. The van der Waals surface area contributed by atoms with Crippen molar-refractivity contribution >= 4 is 28.4 Å². The molecule has 1 aromatic heterocycles. The molecule has 0 amide bonds. The van der Waals surface area contributed by atoms with Crippen LogP contribution in [-0.4, -0.2) is 24.1 Å². The first-order valence-corrected chi connectivity index (χ1v) is 6.27. The lowest BCUT2D eigenvalue weighted by Gasteiger charge is -2.09. The number of hydrogen-bond donors (Lipinski definition) is 1. The molecule has 18 heavy (non-hydrogen) atoms. The predicted molar refractivity (Wildman–Crippen MR) is 76.2 cm³/mol. The van der Waals surface area contributed by atoms with E-state index in [9.17, 15) is 4.39 Å². The molecule has 0 bridgehead atoms. The van der Waals surface area contributed by atoms with Crippen molar-refractivity contribution in [3.05, 3.63) is 33.8 Å². The molecule has 1 aromatic carbocycles. The van der Waals surface area contributed by atoms with Crippen LogP contribution in [-0.2, 0) is 0 Å². The lowest BCUT2D eigenvalue weighted by atomic mass is 10.1. The molecule has 6 heteroatoms. The van der Waals surface area contributed by atoms with Gasteiger partial charge in [-0.2, -0.15) is 0 Å². The van der Waals surface area contributed by atoms with Crippen molar-refractivity contribution in [2.45, 2.75) is 0 Å². The first kappa shape index (κ1) is 13.0. The Balaban J connectivity index is 2.54. The number of halogens is 2. The third-order valence-corrected chi connectivity index (χ3v) is 3.32. The van der Waals surface area contributed by atoms with E-state index in [0.717, 1.165) is 3.57 Å². The maximum atomic E-state index is 13.3. The lowest BCUT2D eigenvalue weighted by Crippen LogP contribution is -2.01. The van der Waals surface area contributed by atoms with Crippen molar-refractivity contribution in [1.29, 1.82) is 0 Å². The van der Waals surface area contributed by atoms with E-state index in [2.05, 4.69) is 37.9 Å². The standard InChI is InChI=1S/C12H11FIN3O/c1-15-11-12(18-2)17-10(6-16-11)8-5-7(13)3-4-9(8)14/h3-6H,1-2H3,(H,15,16). The van der Waals surface area contributed by atoms with Crippen LogP contribution in [0.5, 0.6) is 5.88 Å². The summed E-state index contributed by atoms with van der Waals surface area (Å²) >= 11 is 2.13. The molecule has 2 rings (SSSR count). The number of anilines is 1. The molecule has 0 aliphatic carbocycles. The van der Waals surface area contributed by atoms with E-state index in [1.165, 1.54) is 19.2 Å². The molecule has 0 saturated carbocycles. The van der Waals surface area contributed by atoms with E-state index in [0.29, 0.717) is 23.0 Å². The van der Waals surface area contributed by atoms with Crippen LogP contribution < -0.4 is 10.1 Å². The Kier molecular flexibility index (Phi) is 3.95. The zero-order valence-electron chi connectivity index (χ0n) is 9.87. The molecule has 0 fully saturated rings.